The van der Waals surface area contributed by atoms with Crippen molar-refractivity contribution in [1.29, 1.82) is 0 Å². The van der Waals surface area contributed by atoms with Gasteiger partial charge in [-0.2, -0.15) is 0 Å². The van der Waals surface area contributed by atoms with E-state index in [1.54, 1.807) is 19.1 Å². The van der Waals surface area contributed by atoms with Gasteiger partial charge in [-0.25, -0.2) is 4.39 Å². The predicted octanol–water partition coefficient (Wildman–Crippen LogP) is 1.86. The Hall–Kier alpha value is -0.690. The monoisotopic (exact) mass is 337 g/mol. The molecule has 3 nitrogen and oxygen atoms in total. The van der Waals surface area contributed by atoms with Crippen molar-refractivity contribution in [2.45, 2.75) is 19.4 Å². The number of esters is 1. The van der Waals surface area contributed by atoms with Crippen LogP contribution >= 0.6 is 22.6 Å². The molecule has 0 aliphatic heterocycles. The second-order valence-corrected chi connectivity index (χ2v) is 4.54. The molecule has 0 bridgehead atoms. The fourth-order valence-corrected chi connectivity index (χ4v) is 1.82. The first-order valence-electron chi connectivity index (χ1n) is 4.90. The van der Waals surface area contributed by atoms with E-state index >= 15 is 0 Å². The lowest BCUT2D eigenvalue weighted by Crippen LogP contribution is -2.34. The van der Waals surface area contributed by atoms with Crippen LogP contribution in [0.25, 0.3) is 0 Å². The van der Waals surface area contributed by atoms with Crippen molar-refractivity contribution in [3.63, 3.8) is 0 Å². The number of halogens is 2. The van der Waals surface area contributed by atoms with Gasteiger partial charge in [-0.1, -0.05) is 0 Å². The topological polar surface area (TPSA) is 52.3 Å². The van der Waals surface area contributed by atoms with E-state index in [4.69, 9.17) is 10.5 Å². The van der Waals surface area contributed by atoms with E-state index in [0.717, 1.165) is 3.57 Å². The lowest BCUT2D eigenvalue weighted by molar-refractivity contribution is -0.144. The normalized spacial score (nSPS) is 12.2. The van der Waals surface area contributed by atoms with Crippen LogP contribution in [0.1, 0.15) is 12.5 Å². The fourth-order valence-electron chi connectivity index (χ4n) is 1.27. The molecule has 1 rings (SSSR count). The first-order valence-corrected chi connectivity index (χ1v) is 5.98. The lowest BCUT2D eigenvalue weighted by Gasteiger charge is -2.11. The highest BCUT2D eigenvalue weighted by molar-refractivity contribution is 14.1. The van der Waals surface area contributed by atoms with Crippen LogP contribution in [-0.4, -0.2) is 18.6 Å². The fraction of sp³-hybridized carbons (Fsp3) is 0.364. The Kier molecular flexibility index (Phi) is 5.14. The van der Waals surface area contributed by atoms with E-state index in [0.29, 0.717) is 5.56 Å². The molecule has 0 spiro atoms. The molecule has 2 N–H and O–H groups in total. The number of ether oxygens (including phenoxy) is 1. The van der Waals surface area contributed by atoms with E-state index in [9.17, 15) is 9.18 Å². The summed E-state index contributed by atoms with van der Waals surface area (Å²) in [5.74, 6) is -0.846. The Morgan fingerprint density at radius 1 is 1.62 bits per heavy atom. The Bertz CT molecular complexity index is 384. The summed E-state index contributed by atoms with van der Waals surface area (Å²) < 4.78 is 19.0. The number of hydrogen-bond acceptors (Lipinski definition) is 3. The molecule has 0 aliphatic carbocycles. The van der Waals surface area contributed by atoms with Gasteiger partial charge < -0.3 is 10.5 Å². The van der Waals surface area contributed by atoms with Gasteiger partial charge in [0.2, 0.25) is 0 Å². The van der Waals surface area contributed by atoms with Gasteiger partial charge in [0, 0.05) is 9.99 Å². The molecule has 16 heavy (non-hydrogen) atoms. The van der Waals surface area contributed by atoms with E-state index in [1.165, 1.54) is 6.07 Å². The van der Waals surface area contributed by atoms with Crippen molar-refractivity contribution in [3.8, 4) is 0 Å². The van der Waals surface area contributed by atoms with Crippen LogP contribution in [0.4, 0.5) is 4.39 Å². The summed E-state index contributed by atoms with van der Waals surface area (Å²) in [5.41, 5.74) is 6.05. The SMILES string of the molecule is CCOC(=O)[C@@H](N)Cc1cc(I)ccc1F. The molecule has 88 valence electrons. The molecule has 0 amide bonds. The molecule has 0 saturated heterocycles. The first-order chi connectivity index (χ1) is 7.54. The largest absolute Gasteiger partial charge is 0.465 e. The summed E-state index contributed by atoms with van der Waals surface area (Å²) in [4.78, 5) is 11.3. The van der Waals surface area contributed by atoms with Crippen molar-refractivity contribution in [2.24, 2.45) is 5.73 Å². The Labute approximate surface area is 107 Å². The second-order valence-electron chi connectivity index (χ2n) is 3.30. The molecule has 1 aromatic rings. The molecule has 0 unspecified atom stereocenters. The van der Waals surface area contributed by atoms with E-state index in [-0.39, 0.29) is 18.8 Å². The average Bonchev–Trinajstić information content (AvgIpc) is 2.23. The van der Waals surface area contributed by atoms with Crippen LogP contribution in [0, 0.1) is 9.39 Å². The summed E-state index contributed by atoms with van der Waals surface area (Å²) in [6.07, 6.45) is 0.154. The van der Waals surface area contributed by atoms with E-state index < -0.39 is 12.0 Å². The molecule has 0 fully saturated rings. The zero-order valence-electron chi connectivity index (χ0n) is 8.87. The zero-order valence-corrected chi connectivity index (χ0v) is 11.0. The van der Waals surface area contributed by atoms with Crippen LogP contribution < -0.4 is 5.73 Å². The van der Waals surface area contributed by atoms with E-state index in [2.05, 4.69) is 22.6 Å². The van der Waals surface area contributed by atoms with Gasteiger partial charge in [-0.3, -0.25) is 4.79 Å². The van der Waals surface area contributed by atoms with Crippen LogP contribution in [0.15, 0.2) is 18.2 Å². The minimum atomic E-state index is -0.812. The van der Waals surface area contributed by atoms with Crippen molar-refractivity contribution in [2.75, 3.05) is 6.61 Å². The van der Waals surface area contributed by atoms with Crippen molar-refractivity contribution in [1.82, 2.24) is 0 Å². The van der Waals surface area contributed by atoms with Crippen molar-refractivity contribution in [3.05, 3.63) is 33.1 Å². The third-order valence-corrected chi connectivity index (χ3v) is 2.71. The summed E-state index contributed by atoms with van der Waals surface area (Å²) in [6.45, 7) is 1.98. The maximum absolute atomic E-state index is 13.4. The Balaban J connectivity index is 2.72. The molecule has 1 aromatic carbocycles. The minimum Gasteiger partial charge on any atom is -0.465 e. The van der Waals surface area contributed by atoms with Gasteiger partial charge in [0.15, 0.2) is 0 Å². The van der Waals surface area contributed by atoms with Gasteiger partial charge in [-0.15, -0.1) is 0 Å². The smallest absolute Gasteiger partial charge is 0.323 e. The van der Waals surface area contributed by atoms with Crippen molar-refractivity contribution < 1.29 is 13.9 Å². The number of carbonyl (C=O) groups is 1. The van der Waals surface area contributed by atoms with Crippen molar-refractivity contribution >= 4 is 28.6 Å². The highest BCUT2D eigenvalue weighted by Crippen LogP contribution is 2.14. The lowest BCUT2D eigenvalue weighted by atomic mass is 10.1. The summed E-state index contributed by atoms with van der Waals surface area (Å²) in [7, 11) is 0. The summed E-state index contributed by atoms with van der Waals surface area (Å²) >= 11 is 2.08. The number of nitrogens with two attached hydrogens (primary N) is 1. The summed E-state index contributed by atoms with van der Waals surface area (Å²) in [5, 5.41) is 0. The molecule has 1 atom stereocenters. The van der Waals surface area contributed by atoms with Gasteiger partial charge in [0.1, 0.15) is 11.9 Å². The van der Waals surface area contributed by atoms with Crippen LogP contribution in [0.3, 0.4) is 0 Å². The molecule has 0 aliphatic rings. The standard InChI is InChI=1S/C11H13FINO2/c1-2-16-11(15)10(14)6-7-5-8(13)3-4-9(7)12/h3-5,10H,2,6,14H2,1H3/t10-/m0/s1. The first kappa shape index (κ1) is 13.4. The highest BCUT2D eigenvalue weighted by atomic mass is 127. The van der Waals surface area contributed by atoms with Crippen LogP contribution in [-0.2, 0) is 16.0 Å². The molecule has 0 heterocycles. The zero-order chi connectivity index (χ0) is 12.1. The third kappa shape index (κ3) is 3.71. The maximum Gasteiger partial charge on any atom is 0.323 e. The molecule has 0 radical (unpaired) electrons. The van der Waals surface area contributed by atoms with Crippen LogP contribution in [0.2, 0.25) is 0 Å². The predicted molar refractivity (Wildman–Crippen MR) is 67.4 cm³/mol. The Morgan fingerprint density at radius 2 is 2.31 bits per heavy atom. The summed E-state index contributed by atoms with van der Waals surface area (Å²) in [6, 6.07) is 3.90. The molecular weight excluding hydrogens is 324 g/mol. The molecule has 5 heteroatoms. The second kappa shape index (κ2) is 6.15. The third-order valence-electron chi connectivity index (χ3n) is 2.04. The Morgan fingerprint density at radius 3 is 2.94 bits per heavy atom. The molecule has 0 saturated carbocycles. The van der Waals surface area contributed by atoms with Gasteiger partial charge in [-0.05, 0) is 53.3 Å². The number of rotatable bonds is 4. The van der Waals surface area contributed by atoms with Gasteiger partial charge >= 0.3 is 5.97 Å². The molecule has 0 aromatic heterocycles. The van der Waals surface area contributed by atoms with Gasteiger partial charge in [0.05, 0.1) is 6.61 Å². The minimum absolute atomic E-state index is 0.154. The van der Waals surface area contributed by atoms with Crippen LogP contribution in [0.5, 0.6) is 0 Å². The highest BCUT2D eigenvalue weighted by Gasteiger charge is 2.17. The number of hydrogen-bond donors (Lipinski definition) is 1. The quantitative estimate of drug-likeness (QED) is 0.674. The molecular formula is C11H13FINO2. The number of benzene rings is 1. The number of carbonyl (C=O) groups excluding carboxylic acids is 1. The average molecular weight is 337 g/mol. The van der Waals surface area contributed by atoms with Gasteiger partial charge in [0.25, 0.3) is 0 Å². The van der Waals surface area contributed by atoms with E-state index in [1.807, 2.05) is 0 Å². The maximum atomic E-state index is 13.4.